The number of esters is 1. The van der Waals surface area contributed by atoms with Gasteiger partial charge in [-0.05, 0) is 34.2 Å². The van der Waals surface area contributed by atoms with Gasteiger partial charge < -0.3 is 10.1 Å². The first-order valence-electron chi connectivity index (χ1n) is 5.80. The second-order valence-electron chi connectivity index (χ2n) is 3.81. The van der Waals surface area contributed by atoms with Gasteiger partial charge in [0.15, 0.2) is 0 Å². The van der Waals surface area contributed by atoms with Crippen molar-refractivity contribution in [2.75, 3.05) is 13.7 Å². The quantitative estimate of drug-likeness (QED) is 0.730. The van der Waals surface area contributed by atoms with Gasteiger partial charge >= 0.3 is 5.97 Å². The molecule has 0 bridgehead atoms. The number of hydrogen-bond acceptors (Lipinski definition) is 5. The Morgan fingerprint density at radius 1 is 1.53 bits per heavy atom. The lowest BCUT2D eigenvalue weighted by Crippen LogP contribution is -2.36. The Morgan fingerprint density at radius 2 is 2.24 bits per heavy atom. The van der Waals surface area contributed by atoms with Gasteiger partial charge in [-0.25, -0.2) is 4.98 Å². The maximum Gasteiger partial charge on any atom is 0.323 e. The normalized spacial score (nSPS) is 12.5. The number of rotatable bonds is 6. The molecule has 1 N–H and O–H groups in total. The summed E-state index contributed by atoms with van der Waals surface area (Å²) in [6.45, 7) is 6.61. The van der Waals surface area contributed by atoms with E-state index in [1.54, 1.807) is 18.7 Å². The topological polar surface area (TPSA) is 69.0 Å². The molecule has 0 saturated heterocycles. The standard InChI is InChI=1S/C11H20N4O2/c1-5-17-11(16)10(12-4)6-7-15-9(3)13-8(2)14-15/h10,12H,5-7H2,1-4H3. The van der Waals surface area contributed by atoms with Crippen LogP contribution in [0.25, 0.3) is 0 Å². The number of carbonyl (C=O) groups is 1. The summed E-state index contributed by atoms with van der Waals surface area (Å²) in [5.41, 5.74) is 0. The van der Waals surface area contributed by atoms with E-state index >= 15 is 0 Å². The molecule has 1 rings (SSSR count). The van der Waals surface area contributed by atoms with E-state index < -0.39 is 0 Å². The van der Waals surface area contributed by atoms with Gasteiger partial charge in [-0.3, -0.25) is 9.48 Å². The molecule has 0 aliphatic heterocycles. The minimum Gasteiger partial charge on any atom is -0.465 e. The van der Waals surface area contributed by atoms with E-state index in [0.717, 1.165) is 11.6 Å². The molecule has 6 heteroatoms. The summed E-state index contributed by atoms with van der Waals surface area (Å²) in [7, 11) is 1.75. The Hall–Kier alpha value is -1.43. The Bertz CT molecular complexity index is 376. The number of aromatic nitrogens is 3. The lowest BCUT2D eigenvalue weighted by Gasteiger charge is -2.14. The Kier molecular flexibility index (Phi) is 5.09. The van der Waals surface area contributed by atoms with E-state index in [-0.39, 0.29) is 12.0 Å². The first kappa shape index (κ1) is 13.6. The third kappa shape index (κ3) is 3.81. The van der Waals surface area contributed by atoms with Crippen LogP contribution in [0.2, 0.25) is 0 Å². The van der Waals surface area contributed by atoms with Crippen molar-refractivity contribution in [1.82, 2.24) is 20.1 Å². The lowest BCUT2D eigenvalue weighted by atomic mass is 10.2. The number of carbonyl (C=O) groups excluding carboxylic acids is 1. The molecule has 0 fully saturated rings. The van der Waals surface area contributed by atoms with Gasteiger partial charge in [-0.2, -0.15) is 5.10 Å². The van der Waals surface area contributed by atoms with E-state index in [1.165, 1.54) is 0 Å². The summed E-state index contributed by atoms with van der Waals surface area (Å²) in [5.74, 6) is 1.39. The number of hydrogen-bond donors (Lipinski definition) is 1. The third-order valence-electron chi connectivity index (χ3n) is 2.51. The average molecular weight is 240 g/mol. The van der Waals surface area contributed by atoms with Gasteiger partial charge in [-0.1, -0.05) is 0 Å². The van der Waals surface area contributed by atoms with Crippen LogP contribution in [-0.2, 0) is 16.1 Å². The summed E-state index contributed by atoms with van der Waals surface area (Å²) < 4.78 is 6.78. The van der Waals surface area contributed by atoms with Crippen LogP contribution in [0, 0.1) is 13.8 Å². The molecule has 0 saturated carbocycles. The van der Waals surface area contributed by atoms with Crippen molar-refractivity contribution in [2.24, 2.45) is 0 Å². The molecule has 0 aromatic carbocycles. The minimum absolute atomic E-state index is 0.218. The molecule has 1 atom stereocenters. The first-order chi connectivity index (χ1) is 8.08. The van der Waals surface area contributed by atoms with E-state index in [9.17, 15) is 4.79 Å². The van der Waals surface area contributed by atoms with E-state index in [1.807, 2.05) is 13.8 Å². The van der Waals surface area contributed by atoms with Crippen molar-refractivity contribution in [3.63, 3.8) is 0 Å². The van der Waals surface area contributed by atoms with Gasteiger partial charge in [0.25, 0.3) is 0 Å². The molecule has 1 heterocycles. The molecule has 0 aliphatic rings. The van der Waals surface area contributed by atoms with Crippen LogP contribution < -0.4 is 5.32 Å². The van der Waals surface area contributed by atoms with Crippen LogP contribution in [0.5, 0.6) is 0 Å². The predicted octanol–water partition coefficient (Wildman–Crippen LogP) is 0.436. The largest absolute Gasteiger partial charge is 0.465 e. The van der Waals surface area contributed by atoms with Crippen LogP contribution >= 0.6 is 0 Å². The highest BCUT2D eigenvalue weighted by molar-refractivity contribution is 5.75. The van der Waals surface area contributed by atoms with Gasteiger partial charge in [0.1, 0.15) is 17.7 Å². The molecule has 17 heavy (non-hydrogen) atoms. The van der Waals surface area contributed by atoms with Crippen molar-refractivity contribution in [3.05, 3.63) is 11.6 Å². The van der Waals surface area contributed by atoms with Crippen LogP contribution in [0.3, 0.4) is 0 Å². The molecule has 1 aromatic rings. The molecule has 0 aliphatic carbocycles. The zero-order valence-corrected chi connectivity index (χ0v) is 10.9. The molecule has 1 unspecified atom stereocenters. The maximum atomic E-state index is 11.6. The van der Waals surface area contributed by atoms with Crippen molar-refractivity contribution in [2.45, 2.75) is 39.8 Å². The fraction of sp³-hybridized carbons (Fsp3) is 0.727. The fourth-order valence-electron chi connectivity index (χ4n) is 1.65. The zero-order valence-electron chi connectivity index (χ0n) is 10.9. The lowest BCUT2D eigenvalue weighted by molar-refractivity contribution is -0.145. The van der Waals surface area contributed by atoms with Gasteiger partial charge in [-0.15, -0.1) is 0 Å². The summed E-state index contributed by atoms with van der Waals surface area (Å²) in [4.78, 5) is 15.8. The van der Waals surface area contributed by atoms with Crippen LogP contribution in [0.15, 0.2) is 0 Å². The Morgan fingerprint density at radius 3 is 2.71 bits per heavy atom. The SMILES string of the molecule is CCOC(=O)C(CCn1nc(C)nc1C)NC. The van der Waals surface area contributed by atoms with Crippen molar-refractivity contribution in [1.29, 1.82) is 0 Å². The summed E-state index contributed by atoms with van der Waals surface area (Å²) in [5, 5.41) is 7.19. The highest BCUT2D eigenvalue weighted by atomic mass is 16.5. The van der Waals surface area contributed by atoms with Crippen LogP contribution in [-0.4, -0.2) is 40.4 Å². The highest BCUT2D eigenvalue weighted by Gasteiger charge is 2.17. The van der Waals surface area contributed by atoms with Crippen molar-refractivity contribution < 1.29 is 9.53 Å². The summed E-state index contributed by atoms with van der Waals surface area (Å²) >= 11 is 0. The van der Waals surface area contributed by atoms with Crippen molar-refractivity contribution >= 4 is 5.97 Å². The molecule has 0 radical (unpaired) electrons. The third-order valence-corrected chi connectivity index (χ3v) is 2.51. The van der Waals surface area contributed by atoms with Crippen LogP contribution in [0.1, 0.15) is 25.0 Å². The fourth-order valence-corrected chi connectivity index (χ4v) is 1.65. The van der Waals surface area contributed by atoms with E-state index in [2.05, 4.69) is 15.4 Å². The van der Waals surface area contributed by atoms with Gasteiger partial charge in [0, 0.05) is 6.54 Å². The monoisotopic (exact) mass is 240 g/mol. The Labute approximate surface area is 101 Å². The number of nitrogens with zero attached hydrogens (tertiary/aromatic N) is 3. The van der Waals surface area contributed by atoms with E-state index in [4.69, 9.17) is 4.74 Å². The average Bonchev–Trinajstić information content (AvgIpc) is 2.59. The predicted molar refractivity (Wildman–Crippen MR) is 63.6 cm³/mol. The minimum atomic E-state index is -0.293. The highest BCUT2D eigenvalue weighted by Crippen LogP contribution is 2.02. The van der Waals surface area contributed by atoms with Crippen molar-refractivity contribution in [3.8, 4) is 0 Å². The number of nitrogens with one attached hydrogen (secondary N) is 1. The number of ether oxygens (including phenoxy) is 1. The molecular weight excluding hydrogens is 220 g/mol. The first-order valence-corrected chi connectivity index (χ1v) is 5.80. The Balaban J connectivity index is 2.53. The maximum absolute atomic E-state index is 11.6. The van der Waals surface area contributed by atoms with Crippen LogP contribution in [0.4, 0.5) is 0 Å². The second-order valence-corrected chi connectivity index (χ2v) is 3.81. The number of likely N-dealkylation sites (N-methyl/N-ethyl adjacent to an activating group) is 1. The summed E-state index contributed by atoms with van der Waals surface area (Å²) in [6.07, 6.45) is 0.638. The molecule has 96 valence electrons. The van der Waals surface area contributed by atoms with Gasteiger partial charge in [0.05, 0.1) is 6.61 Å². The molecule has 1 aromatic heterocycles. The second kappa shape index (κ2) is 6.34. The van der Waals surface area contributed by atoms with E-state index in [0.29, 0.717) is 19.6 Å². The summed E-state index contributed by atoms with van der Waals surface area (Å²) in [6, 6.07) is -0.293. The smallest absolute Gasteiger partial charge is 0.323 e. The molecule has 0 amide bonds. The molecule has 0 spiro atoms. The number of aryl methyl sites for hydroxylation is 3. The van der Waals surface area contributed by atoms with Gasteiger partial charge in [0.2, 0.25) is 0 Å². The molecular formula is C11H20N4O2. The zero-order chi connectivity index (χ0) is 12.8. The molecule has 6 nitrogen and oxygen atoms in total.